The van der Waals surface area contributed by atoms with E-state index < -0.39 is 0 Å². The van der Waals surface area contributed by atoms with Gasteiger partial charge in [0.25, 0.3) is 0 Å². The van der Waals surface area contributed by atoms with Crippen LogP contribution in [0.25, 0.3) is 0 Å². The summed E-state index contributed by atoms with van der Waals surface area (Å²) in [5.74, 6) is 0.482. The molecule has 0 aromatic carbocycles. The molecule has 1 heterocycles. The number of hydrogen-bond donors (Lipinski definition) is 2. The highest BCUT2D eigenvalue weighted by molar-refractivity contribution is 5.91. The molecule has 1 amide bonds. The van der Waals surface area contributed by atoms with Crippen molar-refractivity contribution in [3.05, 3.63) is 36.5 Å². The van der Waals surface area contributed by atoms with E-state index in [-0.39, 0.29) is 12.5 Å². The molecular formula is C11H15N3O. The first-order valence-electron chi connectivity index (χ1n) is 4.76. The van der Waals surface area contributed by atoms with Gasteiger partial charge >= 0.3 is 0 Å². The molecule has 0 saturated carbocycles. The minimum Gasteiger partial charge on any atom is -0.310 e. The molecule has 0 saturated heterocycles. The van der Waals surface area contributed by atoms with Crippen molar-refractivity contribution in [3.8, 4) is 0 Å². The smallest absolute Gasteiger partial charge is 0.239 e. The second kappa shape index (κ2) is 5.93. The van der Waals surface area contributed by atoms with E-state index >= 15 is 0 Å². The number of anilines is 1. The summed E-state index contributed by atoms with van der Waals surface area (Å²) in [6, 6.07) is 3.71. The van der Waals surface area contributed by atoms with Crippen LogP contribution in [0.5, 0.6) is 0 Å². The lowest BCUT2D eigenvalue weighted by Crippen LogP contribution is -2.28. The summed E-state index contributed by atoms with van der Waals surface area (Å²) < 4.78 is 0. The van der Waals surface area contributed by atoms with Crippen LogP contribution >= 0.6 is 0 Å². The van der Waals surface area contributed by atoms with Crippen molar-refractivity contribution in [3.63, 3.8) is 0 Å². The minimum absolute atomic E-state index is 0.102. The van der Waals surface area contributed by atoms with Crippen LogP contribution in [0.4, 0.5) is 5.82 Å². The van der Waals surface area contributed by atoms with Crippen molar-refractivity contribution in [1.82, 2.24) is 10.3 Å². The van der Waals surface area contributed by atoms with Gasteiger partial charge in [-0.05, 0) is 24.6 Å². The van der Waals surface area contributed by atoms with Gasteiger partial charge < -0.3 is 10.6 Å². The molecule has 80 valence electrons. The second-order valence-corrected chi connectivity index (χ2v) is 3.19. The maximum Gasteiger partial charge on any atom is 0.239 e. The highest BCUT2D eigenvalue weighted by Crippen LogP contribution is 2.04. The molecule has 0 unspecified atom stereocenters. The molecule has 0 aliphatic heterocycles. The van der Waals surface area contributed by atoms with E-state index in [1.54, 1.807) is 12.3 Å². The quantitative estimate of drug-likeness (QED) is 0.559. The van der Waals surface area contributed by atoms with Crippen LogP contribution in [-0.2, 0) is 4.79 Å². The molecule has 0 fully saturated rings. The number of hydrogen-bond acceptors (Lipinski definition) is 3. The number of pyridine rings is 1. The fourth-order valence-electron chi connectivity index (χ4n) is 1.08. The predicted molar refractivity (Wildman–Crippen MR) is 60.7 cm³/mol. The molecule has 0 aliphatic rings. The molecule has 1 aromatic heterocycles. The van der Waals surface area contributed by atoms with Crippen LogP contribution in [0.2, 0.25) is 0 Å². The molecule has 0 spiro atoms. The van der Waals surface area contributed by atoms with Crippen LogP contribution in [0.1, 0.15) is 5.56 Å². The maximum atomic E-state index is 11.4. The number of nitrogens with zero attached hydrogens (tertiary/aromatic N) is 1. The third-order valence-corrected chi connectivity index (χ3v) is 1.76. The van der Waals surface area contributed by atoms with Gasteiger partial charge in [0.15, 0.2) is 0 Å². The Bertz CT molecular complexity index is 349. The third-order valence-electron chi connectivity index (χ3n) is 1.76. The third kappa shape index (κ3) is 4.37. The van der Waals surface area contributed by atoms with Gasteiger partial charge in [0.1, 0.15) is 5.82 Å². The minimum atomic E-state index is -0.102. The normalized spacial score (nSPS) is 9.67. The zero-order valence-corrected chi connectivity index (χ0v) is 8.79. The fourth-order valence-corrected chi connectivity index (χ4v) is 1.08. The van der Waals surface area contributed by atoms with Gasteiger partial charge in [-0.2, -0.15) is 0 Å². The van der Waals surface area contributed by atoms with E-state index in [9.17, 15) is 4.79 Å². The van der Waals surface area contributed by atoms with Gasteiger partial charge in [-0.1, -0.05) is 6.08 Å². The SMILES string of the molecule is C=CCNCC(=O)Nc1cc(C)ccn1. The van der Waals surface area contributed by atoms with Crippen LogP contribution in [-0.4, -0.2) is 24.0 Å². The molecule has 4 heteroatoms. The van der Waals surface area contributed by atoms with Crippen molar-refractivity contribution in [2.75, 3.05) is 18.4 Å². The summed E-state index contributed by atoms with van der Waals surface area (Å²) in [5, 5.41) is 5.61. The Morgan fingerprint density at radius 3 is 3.13 bits per heavy atom. The van der Waals surface area contributed by atoms with Crippen LogP contribution in [0.15, 0.2) is 31.0 Å². The van der Waals surface area contributed by atoms with Crippen molar-refractivity contribution >= 4 is 11.7 Å². The van der Waals surface area contributed by atoms with E-state index in [4.69, 9.17) is 0 Å². The molecule has 0 atom stereocenters. The maximum absolute atomic E-state index is 11.4. The molecule has 15 heavy (non-hydrogen) atoms. The number of carbonyl (C=O) groups excluding carboxylic acids is 1. The number of nitrogens with one attached hydrogen (secondary N) is 2. The zero-order valence-electron chi connectivity index (χ0n) is 8.79. The van der Waals surface area contributed by atoms with Gasteiger partial charge in [-0.3, -0.25) is 4.79 Å². The Kier molecular flexibility index (Phi) is 4.50. The first-order valence-corrected chi connectivity index (χ1v) is 4.76. The number of rotatable bonds is 5. The summed E-state index contributed by atoms with van der Waals surface area (Å²) in [6.07, 6.45) is 3.38. The summed E-state index contributed by atoms with van der Waals surface area (Å²) in [4.78, 5) is 15.4. The topological polar surface area (TPSA) is 54.0 Å². The standard InChI is InChI=1S/C11H15N3O/c1-3-5-12-8-11(15)14-10-7-9(2)4-6-13-10/h3-4,6-7,12H,1,5,8H2,2H3,(H,13,14,15). The van der Waals surface area contributed by atoms with Crippen LogP contribution < -0.4 is 10.6 Å². The zero-order chi connectivity index (χ0) is 11.1. The summed E-state index contributed by atoms with van der Waals surface area (Å²) >= 11 is 0. The Hall–Kier alpha value is -1.68. The lowest BCUT2D eigenvalue weighted by Gasteiger charge is -2.04. The first kappa shape index (κ1) is 11.4. The first-order chi connectivity index (χ1) is 7.22. The van der Waals surface area contributed by atoms with E-state index in [1.165, 1.54) is 0 Å². The van der Waals surface area contributed by atoms with Gasteiger partial charge in [0.2, 0.25) is 5.91 Å². The fraction of sp³-hybridized carbons (Fsp3) is 0.273. The molecule has 0 radical (unpaired) electrons. The molecule has 4 nitrogen and oxygen atoms in total. The van der Waals surface area contributed by atoms with Crippen molar-refractivity contribution in [1.29, 1.82) is 0 Å². The van der Waals surface area contributed by atoms with Crippen molar-refractivity contribution in [2.24, 2.45) is 0 Å². The van der Waals surface area contributed by atoms with Gasteiger partial charge in [-0.25, -0.2) is 4.98 Å². The lowest BCUT2D eigenvalue weighted by atomic mass is 10.3. The van der Waals surface area contributed by atoms with E-state index in [0.29, 0.717) is 12.4 Å². The predicted octanol–water partition coefficient (Wildman–Crippen LogP) is 1.10. The van der Waals surface area contributed by atoms with E-state index in [1.807, 2.05) is 19.1 Å². The summed E-state index contributed by atoms with van der Waals surface area (Å²) in [7, 11) is 0. The average Bonchev–Trinajstić information content (AvgIpc) is 2.18. The van der Waals surface area contributed by atoms with E-state index in [2.05, 4.69) is 22.2 Å². The molecule has 1 aromatic rings. The van der Waals surface area contributed by atoms with Crippen molar-refractivity contribution < 1.29 is 4.79 Å². The van der Waals surface area contributed by atoms with Gasteiger partial charge in [0, 0.05) is 12.7 Å². The largest absolute Gasteiger partial charge is 0.310 e. The lowest BCUT2D eigenvalue weighted by molar-refractivity contribution is -0.115. The Balaban J connectivity index is 2.40. The highest BCUT2D eigenvalue weighted by Gasteiger charge is 2.01. The number of aryl methyl sites for hydroxylation is 1. The van der Waals surface area contributed by atoms with Gasteiger partial charge in [0.05, 0.1) is 6.54 Å². The number of amides is 1. The molecule has 1 rings (SSSR count). The monoisotopic (exact) mass is 205 g/mol. The molecular weight excluding hydrogens is 190 g/mol. The summed E-state index contributed by atoms with van der Waals surface area (Å²) in [5.41, 5.74) is 1.07. The van der Waals surface area contributed by atoms with E-state index in [0.717, 1.165) is 5.56 Å². The van der Waals surface area contributed by atoms with Gasteiger partial charge in [-0.15, -0.1) is 6.58 Å². The highest BCUT2D eigenvalue weighted by atomic mass is 16.1. The molecule has 0 aliphatic carbocycles. The summed E-state index contributed by atoms with van der Waals surface area (Å²) in [6.45, 7) is 6.38. The van der Waals surface area contributed by atoms with Crippen LogP contribution in [0.3, 0.4) is 0 Å². The molecule has 2 N–H and O–H groups in total. The Labute approximate surface area is 89.4 Å². The van der Waals surface area contributed by atoms with Crippen molar-refractivity contribution in [2.45, 2.75) is 6.92 Å². The Morgan fingerprint density at radius 2 is 2.47 bits per heavy atom. The number of carbonyl (C=O) groups is 1. The second-order valence-electron chi connectivity index (χ2n) is 3.19. The number of aromatic nitrogens is 1. The molecule has 0 bridgehead atoms. The Morgan fingerprint density at radius 1 is 1.67 bits per heavy atom. The average molecular weight is 205 g/mol. The van der Waals surface area contributed by atoms with Crippen LogP contribution in [0, 0.1) is 6.92 Å².